The first kappa shape index (κ1) is 6.69. The van der Waals surface area contributed by atoms with E-state index in [4.69, 9.17) is 0 Å². The second-order valence-electron chi connectivity index (χ2n) is 4.52. The van der Waals surface area contributed by atoms with Gasteiger partial charge in [-0.2, -0.15) is 0 Å². The van der Waals surface area contributed by atoms with Crippen LogP contribution in [-0.4, -0.2) is 0 Å². The second kappa shape index (κ2) is 2.25. The molecule has 58 valence electrons. The predicted molar refractivity (Wildman–Crippen MR) is 43.8 cm³/mol. The summed E-state index contributed by atoms with van der Waals surface area (Å²) in [6.45, 7) is 4.89. The molecule has 2 fully saturated rings. The predicted octanol–water partition coefficient (Wildman–Crippen LogP) is 3.08. The molecule has 0 aromatic rings. The first-order valence-electron chi connectivity index (χ1n) is 4.77. The van der Waals surface area contributed by atoms with E-state index in [9.17, 15) is 0 Å². The molecule has 2 rings (SSSR count). The van der Waals surface area contributed by atoms with Gasteiger partial charge < -0.3 is 0 Å². The largest absolute Gasteiger partial charge is 0.0622 e. The Balaban J connectivity index is 2.09. The first-order valence-corrected chi connectivity index (χ1v) is 4.77. The molecule has 2 aliphatic rings. The lowest BCUT2D eigenvalue weighted by Crippen LogP contribution is -2.21. The molecule has 0 N–H and O–H groups in total. The summed E-state index contributed by atoms with van der Waals surface area (Å²) in [6, 6.07) is 0. The van der Waals surface area contributed by atoms with Gasteiger partial charge in [0.05, 0.1) is 0 Å². The van der Waals surface area contributed by atoms with Gasteiger partial charge in [-0.3, -0.25) is 0 Å². The summed E-state index contributed by atoms with van der Waals surface area (Å²) in [5.74, 6) is 4.30. The van der Waals surface area contributed by atoms with E-state index in [0.717, 1.165) is 23.7 Å². The maximum atomic E-state index is 2.45. The zero-order valence-corrected chi connectivity index (χ0v) is 7.14. The van der Waals surface area contributed by atoms with Gasteiger partial charge in [0.25, 0.3) is 0 Å². The first-order chi connectivity index (χ1) is 4.77. The molecule has 4 atom stereocenters. The van der Waals surface area contributed by atoms with Gasteiger partial charge in [0.15, 0.2) is 0 Å². The molecule has 0 heteroatoms. The van der Waals surface area contributed by atoms with Gasteiger partial charge in [-0.05, 0) is 49.4 Å². The molecular weight excluding hydrogens is 120 g/mol. The van der Waals surface area contributed by atoms with Crippen LogP contribution in [-0.2, 0) is 0 Å². The number of fused-ring (bicyclic) bond motifs is 2. The van der Waals surface area contributed by atoms with Crippen molar-refractivity contribution in [3.63, 3.8) is 0 Å². The molecule has 10 heavy (non-hydrogen) atoms. The van der Waals surface area contributed by atoms with Crippen LogP contribution in [0.5, 0.6) is 0 Å². The molecule has 0 radical (unpaired) electrons. The number of hydrogen-bond acceptors (Lipinski definition) is 0. The van der Waals surface area contributed by atoms with Crippen LogP contribution in [0, 0.1) is 23.7 Å². The van der Waals surface area contributed by atoms with Crippen molar-refractivity contribution in [1.82, 2.24) is 0 Å². The fraction of sp³-hybridized carbons (Fsp3) is 1.00. The van der Waals surface area contributed by atoms with Crippen molar-refractivity contribution >= 4 is 0 Å². The van der Waals surface area contributed by atoms with Crippen molar-refractivity contribution in [2.75, 3.05) is 0 Å². The monoisotopic (exact) mass is 138 g/mol. The Morgan fingerprint density at radius 1 is 0.800 bits per heavy atom. The highest BCUT2D eigenvalue weighted by Crippen LogP contribution is 2.47. The Bertz CT molecular complexity index is 114. The minimum atomic E-state index is 1.04. The van der Waals surface area contributed by atoms with E-state index in [1.54, 1.807) is 6.42 Å². The van der Waals surface area contributed by atoms with Crippen molar-refractivity contribution < 1.29 is 0 Å². The van der Waals surface area contributed by atoms with Crippen molar-refractivity contribution in [2.45, 2.75) is 39.5 Å². The van der Waals surface area contributed by atoms with Crippen LogP contribution in [0.25, 0.3) is 0 Å². The van der Waals surface area contributed by atoms with Crippen molar-refractivity contribution in [3.05, 3.63) is 0 Å². The van der Waals surface area contributed by atoms with Gasteiger partial charge >= 0.3 is 0 Å². The van der Waals surface area contributed by atoms with Gasteiger partial charge in [-0.25, -0.2) is 0 Å². The average Bonchev–Trinajstić information content (AvgIpc) is 2.28. The maximum Gasteiger partial charge on any atom is -0.0386 e. The molecule has 0 spiro atoms. The normalized spacial score (nSPS) is 53.4. The highest BCUT2D eigenvalue weighted by Gasteiger charge is 2.37. The molecule has 2 saturated carbocycles. The van der Waals surface area contributed by atoms with E-state index in [0.29, 0.717) is 0 Å². The van der Waals surface area contributed by atoms with Crippen molar-refractivity contribution in [2.24, 2.45) is 23.7 Å². The molecule has 4 unspecified atom stereocenters. The summed E-state index contributed by atoms with van der Waals surface area (Å²) >= 11 is 0. The molecule has 0 aromatic carbocycles. The Hall–Kier alpha value is 0. The van der Waals surface area contributed by atoms with Crippen LogP contribution >= 0.6 is 0 Å². The van der Waals surface area contributed by atoms with Crippen LogP contribution in [0.1, 0.15) is 39.5 Å². The standard InChI is InChI=1S/C10H18/c1-7-5-8(2)10-4-3-9(7)6-10/h7-10H,3-6H2,1-2H3. The van der Waals surface area contributed by atoms with Gasteiger partial charge in [0, 0.05) is 0 Å². The quantitative estimate of drug-likeness (QED) is 0.482. The lowest BCUT2D eigenvalue weighted by molar-refractivity contribution is 0.197. The smallest absolute Gasteiger partial charge is 0.0386 e. The molecule has 2 bridgehead atoms. The minimum absolute atomic E-state index is 1.04. The van der Waals surface area contributed by atoms with Crippen LogP contribution < -0.4 is 0 Å². The van der Waals surface area contributed by atoms with Gasteiger partial charge in [0.2, 0.25) is 0 Å². The van der Waals surface area contributed by atoms with E-state index >= 15 is 0 Å². The van der Waals surface area contributed by atoms with Crippen LogP contribution in [0.2, 0.25) is 0 Å². The minimum Gasteiger partial charge on any atom is -0.0622 e. The molecule has 0 aliphatic heterocycles. The van der Waals surface area contributed by atoms with Crippen molar-refractivity contribution in [1.29, 1.82) is 0 Å². The summed E-state index contributed by atoms with van der Waals surface area (Å²) in [4.78, 5) is 0. The fourth-order valence-electron chi connectivity index (χ4n) is 3.06. The highest BCUT2D eigenvalue weighted by molar-refractivity contribution is 4.87. The van der Waals surface area contributed by atoms with E-state index < -0.39 is 0 Å². The zero-order chi connectivity index (χ0) is 7.14. The molecule has 0 nitrogen and oxygen atoms in total. The number of rotatable bonds is 0. The third-order valence-corrected chi connectivity index (χ3v) is 3.87. The Morgan fingerprint density at radius 2 is 1.30 bits per heavy atom. The van der Waals surface area contributed by atoms with Crippen LogP contribution in [0.3, 0.4) is 0 Å². The molecule has 2 aliphatic carbocycles. The second-order valence-corrected chi connectivity index (χ2v) is 4.52. The van der Waals surface area contributed by atoms with E-state index in [1.165, 1.54) is 19.3 Å². The summed E-state index contributed by atoms with van der Waals surface area (Å²) in [5, 5.41) is 0. The lowest BCUT2D eigenvalue weighted by Gasteiger charge is -2.30. The van der Waals surface area contributed by atoms with E-state index in [1.807, 2.05) is 0 Å². The molecule has 0 heterocycles. The molecule has 0 saturated heterocycles. The topological polar surface area (TPSA) is 0 Å². The fourth-order valence-corrected chi connectivity index (χ4v) is 3.06. The van der Waals surface area contributed by atoms with Crippen LogP contribution in [0.15, 0.2) is 0 Å². The number of hydrogen-bond donors (Lipinski definition) is 0. The lowest BCUT2D eigenvalue weighted by atomic mass is 9.75. The van der Waals surface area contributed by atoms with Gasteiger partial charge in [-0.15, -0.1) is 0 Å². The Kier molecular flexibility index (Phi) is 1.51. The summed E-state index contributed by atoms with van der Waals surface area (Å²) in [7, 11) is 0. The molecule has 0 amide bonds. The summed E-state index contributed by atoms with van der Waals surface area (Å²) in [5.41, 5.74) is 0. The third kappa shape index (κ3) is 0.889. The van der Waals surface area contributed by atoms with Crippen LogP contribution in [0.4, 0.5) is 0 Å². The summed E-state index contributed by atoms with van der Waals surface area (Å²) < 4.78 is 0. The van der Waals surface area contributed by atoms with E-state index in [-0.39, 0.29) is 0 Å². The van der Waals surface area contributed by atoms with Crippen molar-refractivity contribution in [3.8, 4) is 0 Å². The van der Waals surface area contributed by atoms with E-state index in [2.05, 4.69) is 13.8 Å². The van der Waals surface area contributed by atoms with Gasteiger partial charge in [-0.1, -0.05) is 13.8 Å². The molecule has 0 aromatic heterocycles. The summed E-state index contributed by atoms with van der Waals surface area (Å²) in [6.07, 6.45) is 6.14. The zero-order valence-electron chi connectivity index (χ0n) is 7.14. The van der Waals surface area contributed by atoms with Gasteiger partial charge in [0.1, 0.15) is 0 Å². The average molecular weight is 138 g/mol. The Morgan fingerprint density at radius 3 is 1.80 bits per heavy atom. The highest BCUT2D eigenvalue weighted by atomic mass is 14.4. The Labute approximate surface area is 64.0 Å². The maximum absolute atomic E-state index is 2.45. The molecular formula is C10H18. The SMILES string of the molecule is CC1CC(C)C2CCC1C2. The third-order valence-electron chi connectivity index (χ3n) is 3.87.